The second-order valence-electron chi connectivity index (χ2n) is 4.56. The lowest BCUT2D eigenvalue weighted by Gasteiger charge is -2.17. The van der Waals surface area contributed by atoms with Gasteiger partial charge in [-0.3, -0.25) is 9.59 Å². The summed E-state index contributed by atoms with van der Waals surface area (Å²) >= 11 is 0. The van der Waals surface area contributed by atoms with Gasteiger partial charge in [-0.15, -0.1) is 0 Å². The van der Waals surface area contributed by atoms with Crippen molar-refractivity contribution in [1.29, 1.82) is 0 Å². The molecule has 0 aliphatic carbocycles. The molecule has 0 saturated heterocycles. The van der Waals surface area contributed by atoms with E-state index in [2.05, 4.69) is 5.32 Å². The van der Waals surface area contributed by atoms with Crippen molar-refractivity contribution < 1.29 is 14.3 Å². The molecule has 1 unspecified atom stereocenters. The van der Waals surface area contributed by atoms with Crippen molar-refractivity contribution in [2.75, 3.05) is 5.32 Å². The van der Waals surface area contributed by atoms with E-state index < -0.39 is 6.10 Å². The van der Waals surface area contributed by atoms with E-state index in [9.17, 15) is 9.59 Å². The van der Waals surface area contributed by atoms with Crippen LogP contribution in [0.25, 0.3) is 0 Å². The number of rotatable bonds is 6. The van der Waals surface area contributed by atoms with Crippen LogP contribution in [-0.2, 0) is 4.79 Å². The van der Waals surface area contributed by atoms with Crippen LogP contribution < -0.4 is 10.1 Å². The Morgan fingerprint density at radius 3 is 2.38 bits per heavy atom. The highest BCUT2D eigenvalue weighted by atomic mass is 16.5. The third-order valence-electron chi connectivity index (χ3n) is 3.00. The summed E-state index contributed by atoms with van der Waals surface area (Å²) in [5.74, 6) is 0.374. The third kappa shape index (κ3) is 4.18. The van der Waals surface area contributed by atoms with Crippen LogP contribution in [0.15, 0.2) is 54.6 Å². The molecule has 4 nitrogen and oxygen atoms in total. The Morgan fingerprint density at radius 1 is 1.14 bits per heavy atom. The maximum atomic E-state index is 12.2. The summed E-state index contributed by atoms with van der Waals surface area (Å²) < 4.78 is 5.67. The molecule has 0 bridgehead atoms. The molecule has 1 N–H and O–H groups in total. The van der Waals surface area contributed by atoms with Gasteiger partial charge in [0.1, 0.15) is 12.0 Å². The number of carbonyl (C=O) groups is 2. The van der Waals surface area contributed by atoms with E-state index in [1.165, 1.54) is 0 Å². The van der Waals surface area contributed by atoms with Crippen molar-refractivity contribution in [2.24, 2.45) is 0 Å². The molecule has 2 rings (SSSR count). The van der Waals surface area contributed by atoms with Gasteiger partial charge in [-0.05, 0) is 42.8 Å². The van der Waals surface area contributed by atoms with E-state index in [-0.39, 0.29) is 5.91 Å². The average molecular weight is 283 g/mol. The SMILES string of the molecule is CCC(Oc1ccc(C=O)cc1)C(=O)Nc1ccccc1. The fraction of sp³-hybridized carbons (Fsp3) is 0.176. The standard InChI is InChI=1S/C17H17NO3/c1-2-16(17(20)18-14-6-4-3-5-7-14)21-15-10-8-13(12-19)9-11-15/h3-12,16H,2H2,1H3,(H,18,20). The Kier molecular flexibility index (Phi) is 5.10. The van der Waals surface area contributed by atoms with Gasteiger partial charge in [-0.25, -0.2) is 0 Å². The van der Waals surface area contributed by atoms with Gasteiger partial charge >= 0.3 is 0 Å². The summed E-state index contributed by atoms with van der Waals surface area (Å²) in [5.41, 5.74) is 1.31. The van der Waals surface area contributed by atoms with E-state index >= 15 is 0 Å². The van der Waals surface area contributed by atoms with Crippen LogP contribution in [0.1, 0.15) is 23.7 Å². The molecule has 1 atom stereocenters. The first-order chi connectivity index (χ1) is 10.2. The van der Waals surface area contributed by atoms with Gasteiger partial charge in [0, 0.05) is 11.3 Å². The molecule has 0 radical (unpaired) electrons. The van der Waals surface area contributed by atoms with Crippen LogP contribution >= 0.6 is 0 Å². The molecule has 0 heterocycles. The molecule has 2 aromatic carbocycles. The number of anilines is 1. The molecule has 21 heavy (non-hydrogen) atoms. The molecule has 2 aromatic rings. The van der Waals surface area contributed by atoms with E-state index in [1.54, 1.807) is 24.3 Å². The largest absolute Gasteiger partial charge is 0.481 e. The Labute approximate surface area is 123 Å². The van der Waals surface area contributed by atoms with E-state index in [0.29, 0.717) is 17.7 Å². The first-order valence-electron chi connectivity index (χ1n) is 6.80. The lowest BCUT2D eigenvalue weighted by Crippen LogP contribution is -2.32. The number of ether oxygens (including phenoxy) is 1. The van der Waals surface area contributed by atoms with Crippen LogP contribution in [0.2, 0.25) is 0 Å². The van der Waals surface area contributed by atoms with Gasteiger partial charge in [0.05, 0.1) is 0 Å². The summed E-state index contributed by atoms with van der Waals surface area (Å²) in [6.45, 7) is 1.88. The molecule has 0 saturated carbocycles. The topological polar surface area (TPSA) is 55.4 Å². The minimum absolute atomic E-state index is 0.192. The predicted molar refractivity (Wildman–Crippen MR) is 81.6 cm³/mol. The van der Waals surface area contributed by atoms with Crippen LogP contribution in [0.3, 0.4) is 0 Å². The molecule has 4 heteroatoms. The second kappa shape index (κ2) is 7.24. The highest BCUT2D eigenvalue weighted by Crippen LogP contribution is 2.15. The normalized spacial score (nSPS) is 11.5. The van der Waals surface area contributed by atoms with Gasteiger partial charge in [-0.2, -0.15) is 0 Å². The van der Waals surface area contributed by atoms with Crippen molar-refractivity contribution in [3.8, 4) is 5.75 Å². The van der Waals surface area contributed by atoms with Crippen LogP contribution in [0.5, 0.6) is 5.75 Å². The molecular weight excluding hydrogens is 266 g/mol. The minimum Gasteiger partial charge on any atom is -0.481 e. The van der Waals surface area contributed by atoms with Gasteiger partial charge in [0.2, 0.25) is 0 Å². The Morgan fingerprint density at radius 2 is 1.81 bits per heavy atom. The average Bonchev–Trinajstić information content (AvgIpc) is 2.54. The second-order valence-corrected chi connectivity index (χ2v) is 4.56. The molecule has 108 valence electrons. The number of aldehydes is 1. The molecule has 0 aliphatic rings. The number of para-hydroxylation sites is 1. The number of benzene rings is 2. The molecule has 1 amide bonds. The van der Waals surface area contributed by atoms with Crippen molar-refractivity contribution in [3.63, 3.8) is 0 Å². The fourth-order valence-corrected chi connectivity index (χ4v) is 1.86. The van der Waals surface area contributed by atoms with Crippen molar-refractivity contribution >= 4 is 17.9 Å². The highest BCUT2D eigenvalue weighted by Gasteiger charge is 2.18. The smallest absolute Gasteiger partial charge is 0.265 e. The number of carbonyl (C=O) groups excluding carboxylic acids is 2. The first-order valence-corrected chi connectivity index (χ1v) is 6.80. The van der Waals surface area contributed by atoms with E-state index in [0.717, 1.165) is 12.0 Å². The van der Waals surface area contributed by atoms with Gasteiger partial charge in [0.25, 0.3) is 5.91 Å². The third-order valence-corrected chi connectivity index (χ3v) is 3.00. The molecule has 0 spiro atoms. The summed E-state index contributed by atoms with van der Waals surface area (Å²) in [7, 11) is 0. The summed E-state index contributed by atoms with van der Waals surface area (Å²) in [6, 6.07) is 15.9. The summed E-state index contributed by atoms with van der Waals surface area (Å²) in [4.78, 5) is 22.8. The predicted octanol–water partition coefficient (Wildman–Crippen LogP) is 3.30. The van der Waals surface area contributed by atoms with Crippen LogP contribution in [0.4, 0.5) is 5.69 Å². The fourth-order valence-electron chi connectivity index (χ4n) is 1.86. The number of amides is 1. The summed E-state index contributed by atoms with van der Waals surface area (Å²) in [5, 5.41) is 2.82. The van der Waals surface area contributed by atoms with Crippen LogP contribution in [0, 0.1) is 0 Å². The van der Waals surface area contributed by atoms with Crippen molar-refractivity contribution in [2.45, 2.75) is 19.4 Å². The molecular formula is C17H17NO3. The maximum absolute atomic E-state index is 12.2. The molecule has 0 fully saturated rings. The molecule has 0 aliphatic heterocycles. The highest BCUT2D eigenvalue weighted by molar-refractivity contribution is 5.94. The van der Waals surface area contributed by atoms with Gasteiger partial charge < -0.3 is 10.1 Å². The van der Waals surface area contributed by atoms with Gasteiger partial charge in [-0.1, -0.05) is 25.1 Å². The number of hydrogen-bond acceptors (Lipinski definition) is 3. The Bertz CT molecular complexity index is 593. The molecule has 0 aromatic heterocycles. The zero-order valence-corrected chi connectivity index (χ0v) is 11.8. The first kappa shape index (κ1) is 14.8. The zero-order chi connectivity index (χ0) is 15.1. The Hall–Kier alpha value is -2.62. The quantitative estimate of drug-likeness (QED) is 0.828. The van der Waals surface area contributed by atoms with E-state index in [1.807, 2.05) is 37.3 Å². The van der Waals surface area contributed by atoms with Crippen LogP contribution in [-0.4, -0.2) is 18.3 Å². The van der Waals surface area contributed by atoms with E-state index in [4.69, 9.17) is 4.74 Å². The Balaban J connectivity index is 2.01. The van der Waals surface area contributed by atoms with Crippen molar-refractivity contribution in [3.05, 3.63) is 60.2 Å². The lowest BCUT2D eigenvalue weighted by atomic mass is 10.2. The maximum Gasteiger partial charge on any atom is 0.265 e. The van der Waals surface area contributed by atoms with Crippen molar-refractivity contribution in [1.82, 2.24) is 0 Å². The summed E-state index contributed by atoms with van der Waals surface area (Å²) in [6.07, 6.45) is 0.740. The number of nitrogens with one attached hydrogen (secondary N) is 1. The lowest BCUT2D eigenvalue weighted by molar-refractivity contribution is -0.122. The minimum atomic E-state index is -0.577. The zero-order valence-electron chi connectivity index (χ0n) is 11.8. The monoisotopic (exact) mass is 283 g/mol. The number of hydrogen-bond donors (Lipinski definition) is 1. The van der Waals surface area contributed by atoms with Gasteiger partial charge in [0.15, 0.2) is 6.10 Å².